The summed E-state index contributed by atoms with van der Waals surface area (Å²) in [5.74, 6) is -0.650. The molecular formula is C20H37N3O5. The van der Waals surface area contributed by atoms with E-state index < -0.39 is 24.1 Å². The number of amides is 3. The molecule has 0 bridgehead atoms. The van der Waals surface area contributed by atoms with Crippen LogP contribution in [-0.4, -0.2) is 50.4 Å². The largest absolute Gasteiger partial charge is 0.467 e. The maximum absolute atomic E-state index is 12.1. The second-order valence-electron chi connectivity index (χ2n) is 7.32. The first-order chi connectivity index (χ1) is 13.6. The smallest absolute Gasteiger partial charge is 0.407 e. The molecule has 0 spiro atoms. The Morgan fingerprint density at radius 2 is 1.68 bits per heavy atom. The summed E-state index contributed by atoms with van der Waals surface area (Å²) >= 11 is 0. The van der Waals surface area contributed by atoms with Crippen molar-refractivity contribution in [1.82, 2.24) is 16.0 Å². The highest BCUT2D eigenvalue weighted by Crippen LogP contribution is 2.17. The number of methoxy groups -OCH3 is 1. The summed E-state index contributed by atoms with van der Waals surface area (Å²) in [6.07, 6.45) is 11.4. The van der Waals surface area contributed by atoms with E-state index in [9.17, 15) is 14.4 Å². The van der Waals surface area contributed by atoms with E-state index in [2.05, 4.69) is 27.6 Å². The van der Waals surface area contributed by atoms with Gasteiger partial charge in [0.25, 0.3) is 0 Å². The predicted octanol–water partition coefficient (Wildman–Crippen LogP) is 3.25. The minimum Gasteiger partial charge on any atom is -0.467 e. The minimum atomic E-state index is -1.03. The molecule has 0 aromatic carbocycles. The van der Waals surface area contributed by atoms with Gasteiger partial charge in [0.1, 0.15) is 6.61 Å². The predicted molar refractivity (Wildman–Crippen MR) is 107 cm³/mol. The third-order valence-corrected chi connectivity index (χ3v) is 4.91. The molecule has 0 aromatic heterocycles. The number of ether oxygens (including phenoxy) is 2. The van der Waals surface area contributed by atoms with Crippen molar-refractivity contribution in [1.29, 1.82) is 0 Å². The Morgan fingerprint density at radius 1 is 1.00 bits per heavy atom. The molecule has 1 atom stereocenters. The Hall–Kier alpha value is -1.99. The fourth-order valence-corrected chi connectivity index (χ4v) is 3.25. The van der Waals surface area contributed by atoms with Gasteiger partial charge in [-0.3, -0.25) is 0 Å². The van der Waals surface area contributed by atoms with Gasteiger partial charge in [-0.2, -0.15) is 0 Å². The van der Waals surface area contributed by atoms with E-state index in [4.69, 9.17) is 4.74 Å². The molecule has 1 unspecified atom stereocenters. The highest BCUT2D eigenvalue weighted by atomic mass is 16.6. The topological polar surface area (TPSA) is 106 Å². The van der Waals surface area contributed by atoms with Crippen LogP contribution in [0.1, 0.15) is 77.6 Å². The van der Waals surface area contributed by atoms with Gasteiger partial charge in [0.15, 0.2) is 6.04 Å². The number of alkyl carbamates (subject to hydrolysis) is 1. The minimum absolute atomic E-state index is 0.119. The average Bonchev–Trinajstić information content (AvgIpc) is 2.70. The molecule has 1 saturated carbocycles. The average molecular weight is 400 g/mol. The summed E-state index contributed by atoms with van der Waals surface area (Å²) in [6.45, 7) is 2.43. The lowest BCUT2D eigenvalue weighted by Crippen LogP contribution is -2.51. The number of nitrogens with one attached hydrogen (secondary N) is 3. The number of unbranched alkanes of at least 4 members (excludes halogenated alkanes) is 5. The molecule has 162 valence electrons. The lowest BCUT2D eigenvalue weighted by atomic mass is 9.96. The van der Waals surface area contributed by atoms with E-state index in [1.807, 2.05) is 0 Å². The monoisotopic (exact) mass is 399 g/mol. The molecule has 28 heavy (non-hydrogen) atoms. The molecule has 1 rings (SSSR count). The van der Waals surface area contributed by atoms with Crippen molar-refractivity contribution in [2.45, 2.75) is 89.6 Å². The summed E-state index contributed by atoms with van der Waals surface area (Å²) in [5, 5.41) is 8.06. The number of rotatable bonds is 12. The maximum Gasteiger partial charge on any atom is 0.407 e. The molecule has 0 heterocycles. The molecule has 1 fully saturated rings. The van der Waals surface area contributed by atoms with E-state index in [0.29, 0.717) is 6.54 Å². The Bertz CT molecular complexity index is 467. The number of hydrogen-bond acceptors (Lipinski definition) is 5. The fourth-order valence-electron chi connectivity index (χ4n) is 3.25. The molecule has 0 radical (unpaired) electrons. The van der Waals surface area contributed by atoms with Gasteiger partial charge in [0.2, 0.25) is 0 Å². The zero-order chi connectivity index (χ0) is 20.6. The lowest BCUT2D eigenvalue weighted by molar-refractivity contribution is -0.143. The van der Waals surface area contributed by atoms with Gasteiger partial charge in [-0.1, -0.05) is 58.3 Å². The highest BCUT2D eigenvalue weighted by Gasteiger charge is 2.25. The van der Waals surface area contributed by atoms with Gasteiger partial charge in [0, 0.05) is 12.6 Å². The van der Waals surface area contributed by atoms with Gasteiger partial charge in [-0.15, -0.1) is 0 Å². The lowest BCUT2D eigenvalue weighted by Gasteiger charge is -2.24. The van der Waals surface area contributed by atoms with Gasteiger partial charge in [-0.25, -0.2) is 14.4 Å². The van der Waals surface area contributed by atoms with Crippen LogP contribution >= 0.6 is 0 Å². The van der Waals surface area contributed by atoms with Crippen molar-refractivity contribution in [2.24, 2.45) is 0 Å². The van der Waals surface area contributed by atoms with Crippen LogP contribution in [0.15, 0.2) is 0 Å². The van der Waals surface area contributed by atoms with Crippen LogP contribution in [0, 0.1) is 0 Å². The second-order valence-corrected chi connectivity index (χ2v) is 7.32. The Labute approximate surface area is 168 Å². The Morgan fingerprint density at radius 3 is 2.36 bits per heavy atom. The quantitative estimate of drug-likeness (QED) is 0.345. The normalized spacial score (nSPS) is 15.4. The van der Waals surface area contributed by atoms with Crippen molar-refractivity contribution in [3.8, 4) is 0 Å². The zero-order valence-electron chi connectivity index (χ0n) is 17.4. The summed E-state index contributed by atoms with van der Waals surface area (Å²) in [4.78, 5) is 35.8. The van der Waals surface area contributed by atoms with Gasteiger partial charge in [0.05, 0.1) is 7.11 Å². The van der Waals surface area contributed by atoms with Crippen molar-refractivity contribution in [2.75, 3.05) is 20.3 Å². The second kappa shape index (κ2) is 15.0. The number of esters is 1. The third kappa shape index (κ3) is 11.0. The van der Waals surface area contributed by atoms with E-state index >= 15 is 0 Å². The molecule has 3 N–H and O–H groups in total. The first-order valence-electron chi connectivity index (χ1n) is 10.6. The van der Waals surface area contributed by atoms with Crippen LogP contribution in [0.3, 0.4) is 0 Å². The number of carbonyl (C=O) groups excluding carboxylic acids is 3. The fraction of sp³-hybridized carbons (Fsp3) is 0.850. The first kappa shape index (κ1) is 24.0. The van der Waals surface area contributed by atoms with Gasteiger partial charge in [-0.05, 0) is 19.3 Å². The van der Waals surface area contributed by atoms with E-state index in [0.717, 1.165) is 44.9 Å². The molecule has 3 amide bonds. The molecule has 8 nitrogen and oxygen atoms in total. The first-order valence-corrected chi connectivity index (χ1v) is 10.6. The van der Waals surface area contributed by atoms with Crippen LogP contribution in [0.4, 0.5) is 9.59 Å². The van der Waals surface area contributed by atoms with Crippen LogP contribution in [0.5, 0.6) is 0 Å². The molecule has 1 aliphatic rings. The Balaban J connectivity index is 2.25. The summed E-state index contributed by atoms with van der Waals surface area (Å²) in [6, 6.07) is -1.36. The van der Waals surface area contributed by atoms with E-state index in [1.165, 1.54) is 32.8 Å². The molecule has 0 saturated heterocycles. The number of carbonyl (C=O) groups is 3. The summed E-state index contributed by atoms with van der Waals surface area (Å²) < 4.78 is 9.76. The molecule has 0 aliphatic heterocycles. The number of hydrogen-bond donors (Lipinski definition) is 3. The van der Waals surface area contributed by atoms with Crippen molar-refractivity contribution >= 4 is 18.1 Å². The standard InChI is InChI=1S/C20H37N3O5/c1-3-4-5-6-7-11-14-21-20(26)28-15-17(18(24)27-2)23-19(25)22-16-12-9-8-10-13-16/h16-17H,3-15H2,1-2H3,(H,21,26)(H2,22,23,25). The summed E-state index contributed by atoms with van der Waals surface area (Å²) in [5.41, 5.74) is 0. The molecular weight excluding hydrogens is 362 g/mol. The highest BCUT2D eigenvalue weighted by molar-refractivity contribution is 5.84. The maximum atomic E-state index is 12.1. The third-order valence-electron chi connectivity index (χ3n) is 4.91. The van der Waals surface area contributed by atoms with Gasteiger partial charge >= 0.3 is 18.1 Å². The van der Waals surface area contributed by atoms with E-state index in [-0.39, 0.29) is 12.6 Å². The van der Waals surface area contributed by atoms with Crippen LogP contribution in [0.2, 0.25) is 0 Å². The van der Waals surface area contributed by atoms with Crippen LogP contribution in [-0.2, 0) is 14.3 Å². The molecule has 1 aliphatic carbocycles. The van der Waals surface area contributed by atoms with Crippen LogP contribution < -0.4 is 16.0 Å². The number of urea groups is 1. The zero-order valence-corrected chi connectivity index (χ0v) is 17.4. The summed E-state index contributed by atoms with van der Waals surface area (Å²) in [7, 11) is 1.23. The van der Waals surface area contributed by atoms with Crippen LogP contribution in [0.25, 0.3) is 0 Å². The molecule has 0 aromatic rings. The van der Waals surface area contributed by atoms with Gasteiger partial charge < -0.3 is 25.4 Å². The van der Waals surface area contributed by atoms with Crippen molar-refractivity contribution in [3.05, 3.63) is 0 Å². The Kier molecular flexibility index (Phi) is 12.9. The van der Waals surface area contributed by atoms with Crippen molar-refractivity contribution < 1.29 is 23.9 Å². The van der Waals surface area contributed by atoms with Crippen molar-refractivity contribution in [3.63, 3.8) is 0 Å². The molecule has 8 heteroatoms. The van der Waals surface area contributed by atoms with E-state index in [1.54, 1.807) is 0 Å². The SMILES string of the molecule is CCCCCCCCNC(=O)OCC(NC(=O)NC1CCCCC1)C(=O)OC.